The second kappa shape index (κ2) is 25.2. The maximum atomic E-state index is 6.31. The zero-order valence-corrected chi connectivity index (χ0v) is 51.4. The molecule has 2 heterocycles. The van der Waals surface area contributed by atoms with Crippen molar-refractivity contribution in [2.45, 2.75) is 77.8 Å². The van der Waals surface area contributed by atoms with E-state index in [-0.39, 0.29) is 36.6 Å². The van der Waals surface area contributed by atoms with Crippen molar-refractivity contribution in [3.8, 4) is 89.0 Å². The second-order valence-electron chi connectivity index (χ2n) is 24.0. The van der Waals surface area contributed by atoms with Gasteiger partial charge in [0.15, 0.2) is 0 Å². The molecule has 2 aliphatic rings. The Morgan fingerprint density at radius 1 is 0.212 bits per heavy atom. The molecular weight excluding hydrogens is 1100 g/mol. The third kappa shape index (κ3) is 13.7. The van der Waals surface area contributed by atoms with Crippen LogP contribution in [0.3, 0.4) is 0 Å². The van der Waals surface area contributed by atoms with Crippen LogP contribution in [0.15, 0.2) is 290 Å². The number of benzene rings is 11. The number of halogens is 1. The molecule has 0 unspecified atom stereocenters. The van der Waals surface area contributed by atoms with Gasteiger partial charge in [0, 0.05) is 4.47 Å². The maximum absolute atomic E-state index is 6.31. The summed E-state index contributed by atoms with van der Waals surface area (Å²) in [5.41, 5.74) is 19.9. The molecular formula is C78H71B2BrO4. The second-order valence-corrected chi connectivity index (χ2v) is 24.9. The molecule has 0 bridgehead atoms. The van der Waals surface area contributed by atoms with Gasteiger partial charge in [0.1, 0.15) is 0 Å². The van der Waals surface area contributed by atoms with Crippen LogP contribution < -0.4 is 10.9 Å². The SMILES string of the molecule is Brc1cccc(-c2cc(-c3ccccc3)cc(-c3ccccc3)c2)c1.CC1(C)OB(c2cc(-c3ccccc3)cc(-c3ccccc3)c2)OC1(C)C.CC1(C)OB(c2cccc(-c3cc(-c4ccccc4)cc(-c4ccccc4)c3)c2)OC1(C)C. The van der Waals surface area contributed by atoms with Crippen molar-refractivity contribution in [2.24, 2.45) is 0 Å². The average Bonchev–Trinajstić information content (AvgIpc) is 2.50. The van der Waals surface area contributed by atoms with Crippen LogP contribution in [0.4, 0.5) is 0 Å². The van der Waals surface area contributed by atoms with E-state index in [0.29, 0.717) is 0 Å². The largest absolute Gasteiger partial charge is 0.494 e. The molecule has 0 radical (unpaired) electrons. The molecule has 0 aromatic heterocycles. The first kappa shape index (κ1) is 58.6. The van der Waals surface area contributed by atoms with E-state index in [9.17, 15) is 0 Å². The Bertz CT molecular complexity index is 3820. The van der Waals surface area contributed by atoms with Crippen molar-refractivity contribution in [2.75, 3.05) is 0 Å². The Morgan fingerprint density at radius 3 is 0.706 bits per heavy atom. The summed E-state index contributed by atoms with van der Waals surface area (Å²) >= 11 is 3.59. The fourth-order valence-electron chi connectivity index (χ4n) is 10.7. The van der Waals surface area contributed by atoms with E-state index in [1.165, 1.54) is 83.5 Å². The van der Waals surface area contributed by atoms with Gasteiger partial charge in [-0.1, -0.05) is 246 Å². The third-order valence-corrected chi connectivity index (χ3v) is 17.4. The molecule has 0 N–H and O–H groups in total. The van der Waals surface area contributed by atoms with Gasteiger partial charge in [0.05, 0.1) is 22.4 Å². The highest BCUT2D eigenvalue weighted by Crippen LogP contribution is 2.40. The van der Waals surface area contributed by atoms with E-state index < -0.39 is 0 Å². The highest BCUT2D eigenvalue weighted by Gasteiger charge is 2.53. The van der Waals surface area contributed by atoms with Gasteiger partial charge in [0.25, 0.3) is 0 Å². The van der Waals surface area contributed by atoms with Crippen molar-refractivity contribution in [3.05, 3.63) is 290 Å². The number of hydrogen-bond donors (Lipinski definition) is 0. The molecule has 2 aliphatic heterocycles. The minimum atomic E-state index is -0.374. The summed E-state index contributed by atoms with van der Waals surface area (Å²) < 4.78 is 26.3. The lowest BCUT2D eigenvalue weighted by molar-refractivity contribution is 0.00578. The zero-order chi connectivity index (χ0) is 59.2. The smallest absolute Gasteiger partial charge is 0.399 e. The lowest BCUT2D eigenvalue weighted by atomic mass is 9.76. The highest BCUT2D eigenvalue weighted by atomic mass is 79.9. The Morgan fingerprint density at radius 2 is 0.424 bits per heavy atom. The van der Waals surface area contributed by atoms with E-state index in [1.54, 1.807) is 0 Å². The van der Waals surface area contributed by atoms with E-state index >= 15 is 0 Å². The molecule has 11 aromatic rings. The third-order valence-electron chi connectivity index (χ3n) is 16.9. The fraction of sp³-hybridized carbons (Fsp3) is 0.154. The standard InChI is InChI=1S/C30H29BO2.C24H25BO2.C24H17Br/c1-29(2)30(3,4)33-31(32-29)28-17-11-16-24(21-28)27-19-25(22-12-7-5-8-13-22)18-26(20-27)23-14-9-6-10-15-23;1-23(2)24(3,4)27-25(26-23)22-16-20(18-11-7-5-8-12-18)15-21(17-22)19-13-9-6-10-14-19;25-24-13-7-12-20(17-24)23-15-21(18-8-3-1-4-9-18)14-22(16-23)19-10-5-2-6-11-19/h5-21H,1-4H3;5-17H,1-4H3;1-17H. The van der Waals surface area contributed by atoms with Crippen molar-refractivity contribution in [3.63, 3.8) is 0 Å². The fourth-order valence-corrected chi connectivity index (χ4v) is 11.1. The minimum Gasteiger partial charge on any atom is -0.399 e. The van der Waals surface area contributed by atoms with Crippen LogP contribution in [0, 0.1) is 0 Å². The van der Waals surface area contributed by atoms with Crippen LogP contribution in [0.25, 0.3) is 89.0 Å². The Labute approximate surface area is 512 Å². The minimum absolute atomic E-state index is 0.354. The lowest BCUT2D eigenvalue weighted by Gasteiger charge is -2.32. The molecule has 13 rings (SSSR count). The van der Waals surface area contributed by atoms with Gasteiger partial charge in [0.2, 0.25) is 0 Å². The Balaban J connectivity index is 0.000000134. The summed E-state index contributed by atoms with van der Waals surface area (Å²) in [7, 11) is -0.748. The van der Waals surface area contributed by atoms with Crippen LogP contribution in [-0.4, -0.2) is 36.6 Å². The molecule has 11 aromatic carbocycles. The number of rotatable bonds is 10. The summed E-state index contributed by atoms with van der Waals surface area (Å²) in [5.74, 6) is 0. The van der Waals surface area contributed by atoms with Crippen molar-refractivity contribution in [1.29, 1.82) is 0 Å². The van der Waals surface area contributed by atoms with Gasteiger partial charge in [-0.2, -0.15) is 0 Å². The molecule has 0 aliphatic carbocycles. The summed E-state index contributed by atoms with van der Waals surface area (Å²) in [6.07, 6.45) is 0. The molecule has 4 nitrogen and oxygen atoms in total. The van der Waals surface area contributed by atoms with Gasteiger partial charge >= 0.3 is 14.2 Å². The maximum Gasteiger partial charge on any atom is 0.494 e. The normalized spacial score (nSPS) is 15.3. The first-order chi connectivity index (χ1) is 41.0. The molecule has 85 heavy (non-hydrogen) atoms. The average molecular weight is 1170 g/mol. The molecule has 7 heteroatoms. The quantitative estimate of drug-likeness (QED) is 0.128. The lowest BCUT2D eigenvalue weighted by Crippen LogP contribution is -2.41. The molecule has 0 amide bonds. The van der Waals surface area contributed by atoms with Gasteiger partial charge in [-0.15, -0.1) is 0 Å². The first-order valence-corrected chi connectivity index (χ1v) is 30.1. The van der Waals surface area contributed by atoms with Crippen LogP contribution in [0.5, 0.6) is 0 Å². The molecule has 420 valence electrons. The van der Waals surface area contributed by atoms with Crippen LogP contribution >= 0.6 is 15.9 Å². The van der Waals surface area contributed by atoms with Crippen LogP contribution in [0.1, 0.15) is 55.4 Å². The van der Waals surface area contributed by atoms with E-state index in [2.05, 4.69) is 344 Å². The van der Waals surface area contributed by atoms with E-state index in [1.807, 2.05) is 12.1 Å². The van der Waals surface area contributed by atoms with Crippen LogP contribution in [0.2, 0.25) is 0 Å². The topological polar surface area (TPSA) is 36.9 Å². The highest BCUT2D eigenvalue weighted by molar-refractivity contribution is 9.10. The first-order valence-electron chi connectivity index (χ1n) is 29.3. The van der Waals surface area contributed by atoms with Gasteiger partial charge < -0.3 is 18.6 Å². The predicted octanol–water partition coefficient (Wildman–Crippen LogP) is 19.8. The summed E-state index contributed by atoms with van der Waals surface area (Å²) in [5, 5.41) is 0. The molecule has 0 spiro atoms. The molecule has 0 saturated carbocycles. The van der Waals surface area contributed by atoms with Gasteiger partial charge in [-0.25, -0.2) is 0 Å². The molecule has 2 saturated heterocycles. The van der Waals surface area contributed by atoms with Gasteiger partial charge in [-0.05, 0) is 210 Å². The Hall–Kier alpha value is -8.13. The molecule has 2 fully saturated rings. The zero-order valence-electron chi connectivity index (χ0n) is 49.8. The van der Waals surface area contributed by atoms with E-state index in [0.717, 1.165) is 21.0 Å². The van der Waals surface area contributed by atoms with E-state index in [4.69, 9.17) is 18.6 Å². The molecule has 0 atom stereocenters. The van der Waals surface area contributed by atoms with Crippen molar-refractivity contribution >= 4 is 41.1 Å². The summed E-state index contributed by atoms with van der Waals surface area (Å²) in [4.78, 5) is 0. The number of hydrogen-bond acceptors (Lipinski definition) is 4. The van der Waals surface area contributed by atoms with Crippen molar-refractivity contribution in [1.82, 2.24) is 0 Å². The van der Waals surface area contributed by atoms with Gasteiger partial charge in [-0.3, -0.25) is 0 Å². The Kier molecular flexibility index (Phi) is 17.4. The van der Waals surface area contributed by atoms with Crippen molar-refractivity contribution < 1.29 is 18.6 Å². The van der Waals surface area contributed by atoms with Crippen LogP contribution in [-0.2, 0) is 18.6 Å². The summed E-state index contributed by atoms with van der Waals surface area (Å²) in [6.45, 7) is 16.7. The monoisotopic (exact) mass is 1170 g/mol. The predicted molar refractivity (Wildman–Crippen MR) is 362 cm³/mol. The summed E-state index contributed by atoms with van der Waals surface area (Å²) in [6, 6.07) is 100.